The summed E-state index contributed by atoms with van der Waals surface area (Å²) in [6.07, 6.45) is 2.93. The van der Waals surface area contributed by atoms with E-state index >= 15 is 0 Å². The van der Waals surface area contributed by atoms with Crippen molar-refractivity contribution in [1.82, 2.24) is 15.3 Å². The van der Waals surface area contributed by atoms with Gasteiger partial charge in [0.05, 0.1) is 11.7 Å². The van der Waals surface area contributed by atoms with Crippen LogP contribution in [0.4, 0.5) is 22.1 Å². The molecule has 4 heterocycles. The van der Waals surface area contributed by atoms with Gasteiger partial charge < -0.3 is 15.3 Å². The maximum atomic E-state index is 13.0. The Balaban J connectivity index is 1.61. The molecule has 0 aliphatic carbocycles. The molecule has 2 bridgehead atoms. The number of carbonyl (C=O) groups is 2. The van der Waals surface area contributed by atoms with Crippen LogP contribution in [0.25, 0.3) is 0 Å². The van der Waals surface area contributed by atoms with Crippen molar-refractivity contribution in [2.75, 3.05) is 41.4 Å². The van der Waals surface area contributed by atoms with E-state index in [9.17, 15) is 9.59 Å². The first kappa shape index (κ1) is 18.2. The van der Waals surface area contributed by atoms with Gasteiger partial charge in [-0.2, -0.15) is 0 Å². The van der Waals surface area contributed by atoms with E-state index in [1.807, 2.05) is 6.07 Å². The third-order valence-electron chi connectivity index (χ3n) is 4.92. The molecule has 0 saturated carbocycles. The summed E-state index contributed by atoms with van der Waals surface area (Å²) in [7, 11) is 0. The Labute approximate surface area is 162 Å². The zero-order chi connectivity index (χ0) is 19.5. The zero-order valence-corrected chi connectivity index (χ0v) is 15.3. The van der Waals surface area contributed by atoms with Crippen LogP contribution in [-0.2, 0) is 0 Å². The second-order valence-corrected chi connectivity index (χ2v) is 6.78. The number of amides is 3. The number of anilines is 3. The van der Waals surface area contributed by atoms with Gasteiger partial charge in [-0.25, -0.2) is 14.8 Å². The number of aliphatic hydroxyl groups excluding tert-OH is 1. The molecular weight excluding hydrogens is 360 g/mol. The van der Waals surface area contributed by atoms with Crippen molar-refractivity contribution in [3.8, 4) is 0 Å². The molecule has 2 aromatic rings. The van der Waals surface area contributed by atoms with E-state index in [-0.39, 0.29) is 30.3 Å². The predicted octanol–water partition coefficient (Wildman–Crippen LogP) is 1.22. The third-order valence-corrected chi connectivity index (χ3v) is 4.92. The number of aromatic nitrogens is 2. The molecule has 2 aromatic heterocycles. The number of hydrogen-bond donors (Lipinski definition) is 3. The molecule has 3 amide bonds. The molecule has 4 rings (SSSR count). The molecule has 9 nitrogen and oxygen atoms in total. The van der Waals surface area contributed by atoms with Crippen molar-refractivity contribution >= 4 is 29.3 Å². The van der Waals surface area contributed by atoms with E-state index < -0.39 is 0 Å². The van der Waals surface area contributed by atoms with Gasteiger partial charge in [-0.1, -0.05) is 6.07 Å². The molecule has 2 aliphatic rings. The Kier molecular flexibility index (Phi) is 5.07. The number of rotatable bonds is 5. The summed E-state index contributed by atoms with van der Waals surface area (Å²) in [5, 5.41) is 14.4. The maximum absolute atomic E-state index is 13.0. The van der Waals surface area contributed by atoms with Crippen molar-refractivity contribution < 1.29 is 14.7 Å². The molecule has 146 valence electrons. The molecular formula is C19H22N6O3. The lowest BCUT2D eigenvalue weighted by molar-refractivity contribution is 0.0946. The molecule has 2 aliphatic heterocycles. The van der Waals surface area contributed by atoms with Crippen molar-refractivity contribution in [2.24, 2.45) is 0 Å². The third kappa shape index (κ3) is 3.48. The second kappa shape index (κ2) is 7.81. The van der Waals surface area contributed by atoms with Crippen LogP contribution in [0.5, 0.6) is 0 Å². The minimum atomic E-state index is -0.325. The number of pyridine rings is 2. The fraction of sp³-hybridized carbons (Fsp3) is 0.368. The van der Waals surface area contributed by atoms with Crippen LogP contribution in [0.1, 0.15) is 23.3 Å². The highest BCUT2D eigenvalue weighted by atomic mass is 16.3. The number of carbonyl (C=O) groups excluding carboxylic acids is 2. The first-order valence-electron chi connectivity index (χ1n) is 9.33. The summed E-state index contributed by atoms with van der Waals surface area (Å²) in [6, 6.07) is 8.50. The zero-order valence-electron chi connectivity index (χ0n) is 15.3. The van der Waals surface area contributed by atoms with Crippen LogP contribution in [0.15, 0.2) is 36.5 Å². The average molecular weight is 382 g/mol. The van der Waals surface area contributed by atoms with Gasteiger partial charge in [-0.15, -0.1) is 0 Å². The van der Waals surface area contributed by atoms with Crippen molar-refractivity contribution in [3.05, 3.63) is 42.2 Å². The monoisotopic (exact) mass is 382 g/mol. The molecule has 1 fully saturated rings. The Morgan fingerprint density at radius 3 is 2.93 bits per heavy atom. The molecule has 1 saturated heterocycles. The Morgan fingerprint density at radius 1 is 1.25 bits per heavy atom. The lowest BCUT2D eigenvalue weighted by Gasteiger charge is -2.35. The van der Waals surface area contributed by atoms with Crippen LogP contribution in [-0.4, -0.2) is 59.3 Å². The first-order valence-corrected chi connectivity index (χ1v) is 9.33. The van der Waals surface area contributed by atoms with E-state index in [0.29, 0.717) is 24.6 Å². The SMILES string of the molecule is O=C(NCCCO)c1ccc2c(n1)N(C(=O)Nc1ccccn1)C1CCN2C1. The smallest absolute Gasteiger partial charge is 0.329 e. The Bertz CT molecular complexity index is 875. The number of fused-ring (bicyclic) bond motifs is 4. The second-order valence-electron chi connectivity index (χ2n) is 6.78. The quantitative estimate of drug-likeness (QED) is 0.671. The summed E-state index contributed by atoms with van der Waals surface area (Å²) < 4.78 is 0. The van der Waals surface area contributed by atoms with Crippen LogP contribution >= 0.6 is 0 Å². The topological polar surface area (TPSA) is 111 Å². The van der Waals surface area contributed by atoms with Crippen LogP contribution < -0.4 is 20.4 Å². The van der Waals surface area contributed by atoms with Gasteiger partial charge in [0, 0.05) is 32.4 Å². The van der Waals surface area contributed by atoms with E-state index in [1.54, 1.807) is 35.4 Å². The van der Waals surface area contributed by atoms with Gasteiger partial charge >= 0.3 is 6.03 Å². The predicted molar refractivity (Wildman–Crippen MR) is 105 cm³/mol. The fourth-order valence-corrected chi connectivity index (χ4v) is 3.58. The highest BCUT2D eigenvalue weighted by Gasteiger charge is 2.40. The summed E-state index contributed by atoms with van der Waals surface area (Å²) in [6.45, 7) is 1.96. The minimum absolute atomic E-state index is 0.00332. The van der Waals surface area contributed by atoms with Crippen molar-refractivity contribution in [2.45, 2.75) is 18.9 Å². The summed E-state index contributed by atoms with van der Waals surface area (Å²) in [5.41, 5.74) is 1.09. The van der Waals surface area contributed by atoms with Crippen LogP contribution in [0, 0.1) is 0 Å². The molecule has 0 aromatic carbocycles. The van der Waals surface area contributed by atoms with E-state index in [1.165, 1.54) is 0 Å². The molecule has 28 heavy (non-hydrogen) atoms. The normalized spacial score (nSPS) is 17.2. The van der Waals surface area contributed by atoms with E-state index in [4.69, 9.17) is 5.11 Å². The summed E-state index contributed by atoms with van der Waals surface area (Å²) in [5.74, 6) is 0.624. The number of hydrogen-bond acceptors (Lipinski definition) is 6. The summed E-state index contributed by atoms with van der Waals surface area (Å²) >= 11 is 0. The lowest BCUT2D eigenvalue weighted by atomic mass is 10.1. The van der Waals surface area contributed by atoms with Crippen LogP contribution in [0.3, 0.4) is 0 Å². The molecule has 1 unspecified atom stereocenters. The Hall–Kier alpha value is -3.20. The maximum Gasteiger partial charge on any atom is 0.329 e. The standard InChI is InChI=1S/C19H22N6O3/c26-11-3-9-21-18(27)14-5-6-15-17(22-14)25(13-7-10-24(15)12-13)19(28)23-16-4-1-2-8-20-16/h1-2,4-6,8,13,26H,3,7,9-12H2,(H,21,27)(H,20,23,28). The van der Waals surface area contributed by atoms with Crippen molar-refractivity contribution in [1.29, 1.82) is 0 Å². The molecule has 1 atom stereocenters. The number of aliphatic hydroxyl groups is 1. The lowest BCUT2D eigenvalue weighted by Crippen LogP contribution is -2.48. The molecule has 0 radical (unpaired) electrons. The molecule has 3 N–H and O–H groups in total. The van der Waals surface area contributed by atoms with Gasteiger partial charge in [0.25, 0.3) is 5.91 Å². The highest BCUT2D eigenvalue weighted by Crippen LogP contribution is 2.39. The minimum Gasteiger partial charge on any atom is -0.396 e. The number of nitrogens with zero attached hydrogens (tertiary/aromatic N) is 4. The first-order chi connectivity index (χ1) is 13.7. The van der Waals surface area contributed by atoms with Gasteiger partial charge in [0.15, 0.2) is 5.82 Å². The van der Waals surface area contributed by atoms with E-state index in [0.717, 1.165) is 25.2 Å². The van der Waals surface area contributed by atoms with Gasteiger partial charge in [-0.3, -0.25) is 15.0 Å². The van der Waals surface area contributed by atoms with E-state index in [2.05, 4.69) is 25.5 Å². The number of nitrogens with one attached hydrogen (secondary N) is 2. The van der Waals surface area contributed by atoms with Gasteiger partial charge in [0.1, 0.15) is 11.5 Å². The largest absolute Gasteiger partial charge is 0.396 e. The average Bonchev–Trinajstić information content (AvgIpc) is 3.13. The molecule has 0 spiro atoms. The van der Waals surface area contributed by atoms with Gasteiger partial charge in [0.2, 0.25) is 0 Å². The fourth-order valence-electron chi connectivity index (χ4n) is 3.58. The van der Waals surface area contributed by atoms with Gasteiger partial charge in [-0.05, 0) is 37.1 Å². The number of urea groups is 1. The van der Waals surface area contributed by atoms with Crippen LogP contribution in [0.2, 0.25) is 0 Å². The van der Waals surface area contributed by atoms with Crippen molar-refractivity contribution in [3.63, 3.8) is 0 Å². The Morgan fingerprint density at radius 2 is 2.14 bits per heavy atom. The molecule has 9 heteroatoms. The highest BCUT2D eigenvalue weighted by molar-refractivity contribution is 6.05. The summed E-state index contributed by atoms with van der Waals surface area (Å²) in [4.78, 5) is 37.8.